The number of nitrogens with zero attached hydrogens (tertiary/aromatic N) is 2. The van der Waals surface area contributed by atoms with E-state index < -0.39 is 0 Å². The normalized spacial score (nSPS) is 12.1. The number of ether oxygens (including phenoxy) is 1. The van der Waals surface area contributed by atoms with Gasteiger partial charge in [-0.15, -0.1) is 0 Å². The summed E-state index contributed by atoms with van der Waals surface area (Å²) in [6, 6.07) is 17.3. The van der Waals surface area contributed by atoms with E-state index in [1.165, 1.54) is 0 Å². The van der Waals surface area contributed by atoms with Crippen LogP contribution in [-0.2, 0) is 0 Å². The Bertz CT molecular complexity index is 711. The van der Waals surface area contributed by atoms with Crippen LogP contribution in [0.1, 0.15) is 18.9 Å². The molecule has 1 atom stereocenters. The van der Waals surface area contributed by atoms with Crippen molar-refractivity contribution in [3.05, 3.63) is 65.0 Å². The molecule has 1 heterocycles. The minimum atomic E-state index is -0.302. The summed E-state index contributed by atoms with van der Waals surface area (Å²) >= 11 is 3.40. The molecule has 3 aromatic rings. The molecule has 0 saturated carbocycles. The molecule has 21 heavy (non-hydrogen) atoms. The van der Waals surface area contributed by atoms with Gasteiger partial charge in [0.05, 0.1) is 0 Å². The van der Waals surface area contributed by atoms with Crippen LogP contribution in [0.3, 0.4) is 0 Å². The largest absolute Gasteiger partial charge is 0.481 e. The maximum atomic E-state index is 5.76. The third-order valence-corrected chi connectivity index (χ3v) is 3.48. The van der Waals surface area contributed by atoms with E-state index in [0.717, 1.165) is 15.8 Å². The van der Waals surface area contributed by atoms with Crippen molar-refractivity contribution in [1.29, 1.82) is 0 Å². The standard InChI is InChI=1S/C16H13BrN2O2/c1-11(20-14-5-3-2-4-6-14)16-18-15(19-21-16)12-7-9-13(17)10-8-12/h2-11H,1H3/t11-/m1/s1. The molecule has 0 radical (unpaired) electrons. The molecule has 0 aliphatic heterocycles. The summed E-state index contributed by atoms with van der Waals surface area (Å²) in [4.78, 5) is 4.39. The summed E-state index contributed by atoms with van der Waals surface area (Å²) < 4.78 is 12.1. The van der Waals surface area contributed by atoms with Crippen LogP contribution in [0.5, 0.6) is 5.75 Å². The maximum Gasteiger partial charge on any atom is 0.267 e. The average molecular weight is 345 g/mol. The van der Waals surface area contributed by atoms with Crippen LogP contribution in [0, 0.1) is 0 Å². The lowest BCUT2D eigenvalue weighted by atomic mass is 10.2. The van der Waals surface area contributed by atoms with Crippen LogP contribution < -0.4 is 4.74 Å². The fourth-order valence-corrected chi connectivity index (χ4v) is 2.13. The van der Waals surface area contributed by atoms with Crippen LogP contribution in [0.25, 0.3) is 11.4 Å². The van der Waals surface area contributed by atoms with Gasteiger partial charge < -0.3 is 9.26 Å². The monoisotopic (exact) mass is 344 g/mol. The highest BCUT2D eigenvalue weighted by Gasteiger charge is 2.16. The second-order valence-corrected chi connectivity index (χ2v) is 5.45. The zero-order valence-electron chi connectivity index (χ0n) is 11.4. The molecule has 0 amide bonds. The zero-order valence-corrected chi connectivity index (χ0v) is 12.9. The quantitative estimate of drug-likeness (QED) is 0.691. The first-order valence-electron chi connectivity index (χ1n) is 6.53. The van der Waals surface area contributed by atoms with Crippen molar-refractivity contribution in [3.63, 3.8) is 0 Å². The van der Waals surface area contributed by atoms with E-state index in [9.17, 15) is 0 Å². The van der Waals surface area contributed by atoms with Crippen molar-refractivity contribution in [3.8, 4) is 17.1 Å². The molecule has 0 saturated heterocycles. The molecule has 0 bridgehead atoms. The Morgan fingerprint density at radius 3 is 2.48 bits per heavy atom. The van der Waals surface area contributed by atoms with Gasteiger partial charge in [0.15, 0.2) is 6.10 Å². The van der Waals surface area contributed by atoms with Crippen LogP contribution in [0.2, 0.25) is 0 Å². The van der Waals surface area contributed by atoms with Crippen molar-refractivity contribution < 1.29 is 9.26 Å². The van der Waals surface area contributed by atoms with Crippen LogP contribution in [-0.4, -0.2) is 10.1 Å². The van der Waals surface area contributed by atoms with E-state index in [2.05, 4.69) is 26.1 Å². The lowest BCUT2D eigenvalue weighted by Gasteiger charge is -2.09. The Labute approximate surface area is 130 Å². The summed E-state index contributed by atoms with van der Waals surface area (Å²) in [5, 5.41) is 4.00. The second-order valence-electron chi connectivity index (χ2n) is 4.54. The van der Waals surface area contributed by atoms with E-state index in [4.69, 9.17) is 9.26 Å². The number of rotatable bonds is 4. The SMILES string of the molecule is C[C@@H](Oc1ccccc1)c1nc(-c2ccc(Br)cc2)no1. The molecule has 106 valence electrons. The zero-order chi connectivity index (χ0) is 14.7. The van der Waals surface area contributed by atoms with Gasteiger partial charge in [-0.2, -0.15) is 4.98 Å². The van der Waals surface area contributed by atoms with Gasteiger partial charge in [0.1, 0.15) is 5.75 Å². The molecule has 0 N–H and O–H groups in total. The number of hydrogen-bond donors (Lipinski definition) is 0. The molecule has 2 aromatic carbocycles. The van der Waals surface area contributed by atoms with E-state index in [-0.39, 0.29) is 6.10 Å². The van der Waals surface area contributed by atoms with Crippen molar-refractivity contribution in [2.45, 2.75) is 13.0 Å². The topological polar surface area (TPSA) is 48.2 Å². The molecule has 0 aliphatic rings. The van der Waals surface area contributed by atoms with Gasteiger partial charge in [-0.1, -0.05) is 39.3 Å². The van der Waals surface area contributed by atoms with Gasteiger partial charge in [0, 0.05) is 10.0 Å². The minimum absolute atomic E-state index is 0.302. The summed E-state index contributed by atoms with van der Waals surface area (Å²) in [6.45, 7) is 1.88. The van der Waals surface area contributed by atoms with E-state index >= 15 is 0 Å². The molecular weight excluding hydrogens is 332 g/mol. The molecule has 0 fully saturated rings. The average Bonchev–Trinajstić information content (AvgIpc) is 2.99. The predicted molar refractivity (Wildman–Crippen MR) is 82.9 cm³/mol. The highest BCUT2D eigenvalue weighted by molar-refractivity contribution is 9.10. The maximum absolute atomic E-state index is 5.76. The van der Waals surface area contributed by atoms with E-state index in [1.807, 2.05) is 61.5 Å². The van der Waals surface area contributed by atoms with Crippen LogP contribution in [0.4, 0.5) is 0 Å². The number of benzene rings is 2. The Hall–Kier alpha value is -2.14. The number of halogens is 1. The molecule has 4 nitrogen and oxygen atoms in total. The molecular formula is C16H13BrN2O2. The Morgan fingerprint density at radius 1 is 1.05 bits per heavy atom. The van der Waals surface area contributed by atoms with Gasteiger partial charge in [-0.05, 0) is 43.3 Å². The summed E-state index contributed by atoms with van der Waals surface area (Å²) in [5.41, 5.74) is 0.903. The smallest absolute Gasteiger partial charge is 0.267 e. The fraction of sp³-hybridized carbons (Fsp3) is 0.125. The first-order valence-corrected chi connectivity index (χ1v) is 7.33. The van der Waals surface area contributed by atoms with Crippen LogP contribution in [0.15, 0.2) is 63.6 Å². The highest BCUT2D eigenvalue weighted by Crippen LogP contribution is 2.23. The van der Waals surface area contributed by atoms with Gasteiger partial charge >= 0.3 is 0 Å². The first-order chi connectivity index (χ1) is 10.2. The molecule has 0 aliphatic carbocycles. The Morgan fingerprint density at radius 2 is 1.76 bits per heavy atom. The number of hydrogen-bond acceptors (Lipinski definition) is 4. The van der Waals surface area contributed by atoms with Gasteiger partial charge in [0.25, 0.3) is 5.89 Å². The number of para-hydroxylation sites is 1. The third-order valence-electron chi connectivity index (χ3n) is 2.95. The van der Waals surface area contributed by atoms with Crippen molar-refractivity contribution >= 4 is 15.9 Å². The van der Waals surface area contributed by atoms with Gasteiger partial charge in [0.2, 0.25) is 5.82 Å². The Balaban J connectivity index is 1.76. The predicted octanol–water partition coefficient (Wildman–Crippen LogP) is 4.64. The third kappa shape index (κ3) is 3.31. The fourth-order valence-electron chi connectivity index (χ4n) is 1.87. The number of aromatic nitrogens is 2. The van der Waals surface area contributed by atoms with Gasteiger partial charge in [-0.25, -0.2) is 0 Å². The van der Waals surface area contributed by atoms with E-state index in [1.54, 1.807) is 0 Å². The highest BCUT2D eigenvalue weighted by atomic mass is 79.9. The van der Waals surface area contributed by atoms with Crippen LogP contribution >= 0.6 is 15.9 Å². The molecule has 1 aromatic heterocycles. The minimum Gasteiger partial charge on any atom is -0.481 e. The van der Waals surface area contributed by atoms with Gasteiger partial charge in [-0.3, -0.25) is 0 Å². The lowest BCUT2D eigenvalue weighted by molar-refractivity contribution is 0.176. The first kappa shape index (κ1) is 13.8. The van der Waals surface area contributed by atoms with Crippen molar-refractivity contribution in [1.82, 2.24) is 10.1 Å². The van der Waals surface area contributed by atoms with E-state index in [0.29, 0.717) is 11.7 Å². The molecule has 3 rings (SSSR count). The lowest BCUT2D eigenvalue weighted by Crippen LogP contribution is -2.03. The Kier molecular flexibility index (Phi) is 4.01. The molecule has 0 spiro atoms. The summed E-state index contributed by atoms with van der Waals surface area (Å²) in [6.07, 6.45) is -0.302. The molecule has 5 heteroatoms. The van der Waals surface area contributed by atoms with Crippen molar-refractivity contribution in [2.24, 2.45) is 0 Å². The van der Waals surface area contributed by atoms with Crippen molar-refractivity contribution in [2.75, 3.05) is 0 Å². The summed E-state index contributed by atoms with van der Waals surface area (Å²) in [7, 11) is 0. The summed E-state index contributed by atoms with van der Waals surface area (Å²) in [5.74, 6) is 1.78. The second kappa shape index (κ2) is 6.10. The molecule has 0 unspecified atom stereocenters.